The first-order chi connectivity index (χ1) is 7.35. The van der Waals surface area contributed by atoms with Crippen LogP contribution >= 0.6 is 0 Å². The second-order valence-corrected chi connectivity index (χ2v) is 3.28. The Balaban J connectivity index is 2.34. The van der Waals surface area contributed by atoms with Crippen molar-refractivity contribution < 1.29 is 4.74 Å². The SMILES string of the molecule is CCN=C1CNc2cccc(OC)c2N1. The Kier molecular flexibility index (Phi) is 2.76. The van der Waals surface area contributed by atoms with Gasteiger partial charge in [-0.1, -0.05) is 6.07 Å². The predicted octanol–water partition coefficient (Wildman–Crippen LogP) is 1.95. The zero-order chi connectivity index (χ0) is 10.7. The van der Waals surface area contributed by atoms with Gasteiger partial charge in [0.2, 0.25) is 0 Å². The highest BCUT2D eigenvalue weighted by Gasteiger charge is 2.15. The summed E-state index contributed by atoms with van der Waals surface area (Å²) in [4.78, 5) is 4.35. The Bertz CT molecular complexity index is 373. The van der Waals surface area contributed by atoms with E-state index in [9.17, 15) is 0 Å². The molecule has 1 aliphatic heterocycles. The molecule has 0 spiro atoms. The summed E-state index contributed by atoms with van der Waals surface area (Å²) >= 11 is 0. The molecule has 1 aromatic rings. The maximum absolute atomic E-state index is 5.28. The molecule has 0 unspecified atom stereocenters. The first-order valence-electron chi connectivity index (χ1n) is 5.06. The van der Waals surface area contributed by atoms with Crippen molar-refractivity contribution in [2.45, 2.75) is 6.92 Å². The van der Waals surface area contributed by atoms with Gasteiger partial charge < -0.3 is 15.4 Å². The van der Waals surface area contributed by atoms with E-state index >= 15 is 0 Å². The van der Waals surface area contributed by atoms with Gasteiger partial charge in [-0.2, -0.15) is 0 Å². The molecule has 1 heterocycles. The lowest BCUT2D eigenvalue weighted by atomic mass is 10.2. The molecule has 0 radical (unpaired) electrons. The summed E-state index contributed by atoms with van der Waals surface area (Å²) in [6, 6.07) is 5.92. The van der Waals surface area contributed by atoms with Crippen molar-refractivity contribution in [3.63, 3.8) is 0 Å². The average Bonchev–Trinajstić information content (AvgIpc) is 2.28. The summed E-state index contributed by atoms with van der Waals surface area (Å²) in [6.07, 6.45) is 0. The summed E-state index contributed by atoms with van der Waals surface area (Å²) < 4.78 is 5.28. The fourth-order valence-electron chi connectivity index (χ4n) is 1.63. The van der Waals surface area contributed by atoms with Crippen LogP contribution in [0.25, 0.3) is 0 Å². The highest BCUT2D eigenvalue weighted by Crippen LogP contribution is 2.34. The first kappa shape index (κ1) is 9.83. The number of nitrogens with one attached hydrogen (secondary N) is 2. The number of ether oxygens (including phenoxy) is 1. The van der Waals surface area contributed by atoms with Gasteiger partial charge in [0.05, 0.1) is 19.3 Å². The number of benzene rings is 1. The molecule has 1 aromatic carbocycles. The van der Waals surface area contributed by atoms with Crippen LogP contribution in [0.3, 0.4) is 0 Å². The second-order valence-electron chi connectivity index (χ2n) is 3.28. The van der Waals surface area contributed by atoms with E-state index in [1.807, 2.05) is 25.1 Å². The number of aliphatic imine (C=N–C) groups is 1. The molecule has 0 aliphatic carbocycles. The molecule has 2 rings (SSSR count). The average molecular weight is 205 g/mol. The summed E-state index contributed by atoms with van der Waals surface area (Å²) in [7, 11) is 1.67. The van der Waals surface area contributed by atoms with E-state index in [1.54, 1.807) is 7.11 Å². The topological polar surface area (TPSA) is 45.7 Å². The fraction of sp³-hybridized carbons (Fsp3) is 0.364. The summed E-state index contributed by atoms with van der Waals surface area (Å²) in [5, 5.41) is 6.58. The largest absolute Gasteiger partial charge is 0.494 e. The van der Waals surface area contributed by atoms with Gasteiger partial charge in [0.1, 0.15) is 17.3 Å². The van der Waals surface area contributed by atoms with E-state index in [2.05, 4.69) is 15.6 Å². The summed E-state index contributed by atoms with van der Waals surface area (Å²) in [5.41, 5.74) is 2.03. The number of fused-ring (bicyclic) bond motifs is 1. The highest BCUT2D eigenvalue weighted by molar-refractivity contribution is 6.05. The molecule has 0 saturated carbocycles. The van der Waals surface area contributed by atoms with E-state index in [0.717, 1.165) is 36.0 Å². The molecule has 4 nitrogen and oxygen atoms in total. The molecule has 4 heteroatoms. The number of hydrogen-bond donors (Lipinski definition) is 2. The minimum absolute atomic E-state index is 0.744. The van der Waals surface area contributed by atoms with E-state index < -0.39 is 0 Å². The van der Waals surface area contributed by atoms with Gasteiger partial charge in [-0.15, -0.1) is 0 Å². The van der Waals surface area contributed by atoms with Crippen molar-refractivity contribution in [3.05, 3.63) is 18.2 Å². The van der Waals surface area contributed by atoms with Crippen LogP contribution in [-0.4, -0.2) is 26.0 Å². The van der Waals surface area contributed by atoms with Crippen molar-refractivity contribution in [1.29, 1.82) is 0 Å². The lowest BCUT2D eigenvalue weighted by molar-refractivity contribution is 0.417. The predicted molar refractivity (Wildman–Crippen MR) is 63.1 cm³/mol. The molecule has 15 heavy (non-hydrogen) atoms. The Hall–Kier alpha value is -1.71. The van der Waals surface area contributed by atoms with Crippen LogP contribution in [0.2, 0.25) is 0 Å². The number of rotatable bonds is 2. The van der Waals surface area contributed by atoms with Crippen molar-refractivity contribution in [2.24, 2.45) is 4.99 Å². The molecule has 0 fully saturated rings. The molecule has 2 N–H and O–H groups in total. The van der Waals surface area contributed by atoms with Crippen molar-refractivity contribution >= 4 is 17.2 Å². The van der Waals surface area contributed by atoms with E-state index in [-0.39, 0.29) is 0 Å². The number of nitrogens with zero attached hydrogens (tertiary/aromatic N) is 1. The van der Waals surface area contributed by atoms with Crippen LogP contribution in [0.15, 0.2) is 23.2 Å². The first-order valence-corrected chi connectivity index (χ1v) is 5.06. The van der Waals surface area contributed by atoms with Crippen LogP contribution in [-0.2, 0) is 0 Å². The lowest BCUT2D eigenvalue weighted by Crippen LogP contribution is -2.28. The van der Waals surface area contributed by atoms with Gasteiger partial charge >= 0.3 is 0 Å². The van der Waals surface area contributed by atoms with Gasteiger partial charge in [0, 0.05) is 6.54 Å². The van der Waals surface area contributed by atoms with Crippen LogP contribution in [0.1, 0.15) is 6.92 Å². The minimum Gasteiger partial charge on any atom is -0.494 e. The third-order valence-corrected chi connectivity index (χ3v) is 2.31. The van der Waals surface area contributed by atoms with Crippen LogP contribution in [0.5, 0.6) is 5.75 Å². The molecule has 0 saturated heterocycles. The van der Waals surface area contributed by atoms with E-state index in [4.69, 9.17) is 4.74 Å². The third kappa shape index (κ3) is 1.88. The Morgan fingerprint density at radius 3 is 3.07 bits per heavy atom. The standard InChI is InChI=1S/C11H15N3O/c1-3-12-10-7-13-8-5-4-6-9(15-2)11(8)14-10/h4-6,13H,3,7H2,1-2H3,(H,12,14). The third-order valence-electron chi connectivity index (χ3n) is 2.31. The number of para-hydroxylation sites is 1. The van der Waals surface area contributed by atoms with Gasteiger partial charge in [0.25, 0.3) is 0 Å². The van der Waals surface area contributed by atoms with Gasteiger partial charge in [-0.25, -0.2) is 0 Å². The molecule has 80 valence electrons. The monoisotopic (exact) mass is 205 g/mol. The Morgan fingerprint density at radius 2 is 2.33 bits per heavy atom. The zero-order valence-corrected chi connectivity index (χ0v) is 9.00. The molecular weight excluding hydrogens is 190 g/mol. The van der Waals surface area contributed by atoms with Gasteiger partial charge in [-0.05, 0) is 19.1 Å². The number of amidine groups is 1. The lowest BCUT2D eigenvalue weighted by Gasteiger charge is -2.23. The maximum atomic E-state index is 5.28. The van der Waals surface area contributed by atoms with Crippen LogP contribution < -0.4 is 15.4 Å². The Labute approximate surface area is 89.4 Å². The fourth-order valence-corrected chi connectivity index (χ4v) is 1.63. The number of methoxy groups -OCH3 is 1. The number of hydrogen-bond acceptors (Lipinski definition) is 3. The van der Waals surface area contributed by atoms with Crippen molar-refractivity contribution in [3.8, 4) is 5.75 Å². The van der Waals surface area contributed by atoms with Crippen LogP contribution in [0, 0.1) is 0 Å². The maximum Gasteiger partial charge on any atom is 0.144 e. The number of anilines is 2. The van der Waals surface area contributed by atoms with E-state index in [1.165, 1.54) is 0 Å². The molecular formula is C11H15N3O. The smallest absolute Gasteiger partial charge is 0.144 e. The molecule has 0 aromatic heterocycles. The Morgan fingerprint density at radius 1 is 1.47 bits per heavy atom. The van der Waals surface area contributed by atoms with E-state index in [0.29, 0.717) is 0 Å². The molecule has 0 bridgehead atoms. The summed E-state index contributed by atoms with van der Waals surface area (Å²) in [5.74, 6) is 1.79. The normalized spacial score (nSPS) is 16.5. The minimum atomic E-state index is 0.744. The molecule has 1 aliphatic rings. The highest BCUT2D eigenvalue weighted by atomic mass is 16.5. The van der Waals surface area contributed by atoms with Gasteiger partial charge in [-0.3, -0.25) is 4.99 Å². The summed E-state index contributed by atoms with van der Waals surface area (Å²) in [6.45, 7) is 3.55. The second kappa shape index (κ2) is 4.21. The molecule has 0 atom stereocenters. The quantitative estimate of drug-likeness (QED) is 0.775. The van der Waals surface area contributed by atoms with Crippen molar-refractivity contribution in [2.75, 3.05) is 30.8 Å². The van der Waals surface area contributed by atoms with Crippen molar-refractivity contribution in [1.82, 2.24) is 0 Å². The molecule has 0 amide bonds. The van der Waals surface area contributed by atoms with Crippen LogP contribution in [0.4, 0.5) is 11.4 Å². The van der Waals surface area contributed by atoms with Gasteiger partial charge in [0.15, 0.2) is 0 Å². The zero-order valence-electron chi connectivity index (χ0n) is 9.00.